The first-order chi connectivity index (χ1) is 6.85. The van der Waals surface area contributed by atoms with Crippen molar-refractivity contribution in [1.29, 1.82) is 0 Å². The second-order valence-corrected chi connectivity index (χ2v) is 4.86. The Morgan fingerprint density at radius 2 is 2.07 bits per heavy atom. The highest BCUT2D eigenvalue weighted by atomic mass is 16.5. The van der Waals surface area contributed by atoms with Gasteiger partial charge in [-0.05, 0) is 18.8 Å². The third-order valence-corrected chi connectivity index (χ3v) is 1.82. The summed E-state index contributed by atoms with van der Waals surface area (Å²) in [5.74, 6) is -0.176. The van der Waals surface area contributed by atoms with E-state index in [-0.39, 0.29) is 17.9 Å². The number of aliphatic hydroxyl groups excluding tert-OH is 1. The molecule has 0 unspecified atom stereocenters. The number of hydrogen-bond acceptors (Lipinski definition) is 3. The van der Waals surface area contributed by atoms with Gasteiger partial charge in [-0.25, -0.2) is 0 Å². The highest BCUT2D eigenvalue weighted by molar-refractivity contribution is 5.77. The summed E-state index contributed by atoms with van der Waals surface area (Å²) in [6.45, 7) is 8.89. The molecule has 1 atom stereocenters. The Labute approximate surface area is 92.0 Å². The van der Waals surface area contributed by atoms with Crippen molar-refractivity contribution in [2.75, 3.05) is 19.8 Å². The molecule has 0 bridgehead atoms. The molecule has 4 heteroatoms. The molecule has 0 aliphatic rings. The Kier molecular flexibility index (Phi) is 6.52. The van der Waals surface area contributed by atoms with E-state index in [9.17, 15) is 9.90 Å². The maximum Gasteiger partial charge on any atom is 0.246 e. The summed E-state index contributed by atoms with van der Waals surface area (Å²) >= 11 is 0. The lowest BCUT2D eigenvalue weighted by Crippen LogP contribution is -2.36. The molecule has 0 aromatic rings. The van der Waals surface area contributed by atoms with Gasteiger partial charge in [-0.1, -0.05) is 20.8 Å². The smallest absolute Gasteiger partial charge is 0.246 e. The Morgan fingerprint density at radius 1 is 1.47 bits per heavy atom. The van der Waals surface area contributed by atoms with Crippen LogP contribution >= 0.6 is 0 Å². The van der Waals surface area contributed by atoms with Crippen molar-refractivity contribution in [1.82, 2.24) is 5.32 Å². The normalized spacial score (nSPS) is 13.7. The van der Waals surface area contributed by atoms with Crippen LogP contribution in [0, 0.1) is 5.41 Å². The zero-order valence-corrected chi connectivity index (χ0v) is 10.2. The predicted molar refractivity (Wildman–Crippen MR) is 59.6 cm³/mol. The van der Waals surface area contributed by atoms with Crippen LogP contribution in [0.3, 0.4) is 0 Å². The first kappa shape index (κ1) is 14.4. The minimum Gasteiger partial charge on any atom is -0.391 e. The summed E-state index contributed by atoms with van der Waals surface area (Å²) in [5.41, 5.74) is 0.0735. The molecule has 0 rings (SSSR count). The van der Waals surface area contributed by atoms with Crippen molar-refractivity contribution in [2.24, 2.45) is 5.41 Å². The molecule has 0 aromatic heterocycles. The summed E-state index contributed by atoms with van der Waals surface area (Å²) in [6, 6.07) is 0. The molecule has 0 aliphatic heterocycles. The topological polar surface area (TPSA) is 58.6 Å². The van der Waals surface area contributed by atoms with Gasteiger partial charge in [-0.3, -0.25) is 4.79 Å². The maximum atomic E-state index is 11.1. The van der Waals surface area contributed by atoms with Gasteiger partial charge in [0.05, 0.1) is 6.10 Å². The van der Waals surface area contributed by atoms with E-state index >= 15 is 0 Å². The molecule has 90 valence electrons. The van der Waals surface area contributed by atoms with E-state index in [0.29, 0.717) is 19.6 Å². The van der Waals surface area contributed by atoms with Crippen LogP contribution in [-0.4, -0.2) is 36.9 Å². The zero-order chi connectivity index (χ0) is 11.9. The number of carbonyl (C=O) groups excluding carboxylic acids is 1. The van der Waals surface area contributed by atoms with E-state index in [1.165, 1.54) is 0 Å². The number of rotatable bonds is 6. The van der Waals surface area contributed by atoms with E-state index in [4.69, 9.17) is 4.74 Å². The van der Waals surface area contributed by atoms with Gasteiger partial charge in [0.15, 0.2) is 0 Å². The first-order valence-electron chi connectivity index (χ1n) is 5.37. The van der Waals surface area contributed by atoms with Crippen LogP contribution in [0.25, 0.3) is 0 Å². The molecule has 2 N–H and O–H groups in total. The standard InChI is InChI=1S/C11H23NO3/c1-5-15-8-10(14)12-7-9(13)6-11(2,3)4/h9,13H,5-8H2,1-4H3,(H,12,14)/t9-/m0/s1. The first-order valence-corrected chi connectivity index (χ1v) is 5.37. The van der Waals surface area contributed by atoms with E-state index in [1.54, 1.807) is 0 Å². The SMILES string of the molecule is CCOCC(=O)NC[C@@H](O)CC(C)(C)C. The Hall–Kier alpha value is -0.610. The number of nitrogens with one attached hydrogen (secondary N) is 1. The van der Waals surface area contributed by atoms with E-state index in [0.717, 1.165) is 0 Å². The lowest BCUT2D eigenvalue weighted by Gasteiger charge is -2.22. The predicted octanol–water partition coefficient (Wildman–Crippen LogP) is 0.936. The maximum absolute atomic E-state index is 11.1. The largest absolute Gasteiger partial charge is 0.391 e. The van der Waals surface area contributed by atoms with Crippen molar-refractivity contribution in [3.8, 4) is 0 Å². The molecule has 0 aromatic carbocycles. The lowest BCUT2D eigenvalue weighted by molar-refractivity contribution is -0.126. The summed E-state index contributed by atoms with van der Waals surface area (Å²) in [6.07, 6.45) is 0.178. The monoisotopic (exact) mass is 217 g/mol. The number of hydrogen-bond donors (Lipinski definition) is 2. The molecule has 0 saturated heterocycles. The quantitative estimate of drug-likeness (QED) is 0.696. The third-order valence-electron chi connectivity index (χ3n) is 1.82. The molecule has 0 radical (unpaired) electrons. The summed E-state index contributed by atoms with van der Waals surface area (Å²) in [7, 11) is 0. The number of carbonyl (C=O) groups is 1. The second-order valence-electron chi connectivity index (χ2n) is 4.86. The molecule has 4 nitrogen and oxygen atoms in total. The molecule has 0 fully saturated rings. The van der Waals surface area contributed by atoms with Crippen LogP contribution in [0.2, 0.25) is 0 Å². The number of ether oxygens (including phenoxy) is 1. The van der Waals surface area contributed by atoms with Crippen LogP contribution in [0.5, 0.6) is 0 Å². The van der Waals surface area contributed by atoms with Crippen LogP contribution in [0.4, 0.5) is 0 Å². The van der Waals surface area contributed by atoms with Gasteiger partial charge in [0.1, 0.15) is 6.61 Å². The van der Waals surface area contributed by atoms with Crippen molar-refractivity contribution >= 4 is 5.91 Å². The number of amides is 1. The minimum absolute atomic E-state index is 0.0682. The van der Waals surface area contributed by atoms with Crippen LogP contribution < -0.4 is 5.32 Å². The highest BCUT2D eigenvalue weighted by Gasteiger charge is 2.16. The summed E-state index contributed by atoms with van der Waals surface area (Å²) < 4.78 is 4.93. The van der Waals surface area contributed by atoms with Gasteiger partial charge in [0, 0.05) is 13.2 Å². The molecule has 0 saturated carbocycles. The lowest BCUT2D eigenvalue weighted by atomic mass is 9.89. The minimum atomic E-state index is -0.490. The average molecular weight is 217 g/mol. The van der Waals surface area contributed by atoms with Crippen molar-refractivity contribution in [3.05, 3.63) is 0 Å². The fourth-order valence-electron chi connectivity index (χ4n) is 1.26. The average Bonchev–Trinajstić information content (AvgIpc) is 2.08. The Bertz CT molecular complexity index is 187. The fraction of sp³-hybridized carbons (Fsp3) is 0.909. The van der Waals surface area contributed by atoms with Gasteiger partial charge in [-0.15, -0.1) is 0 Å². The summed E-state index contributed by atoms with van der Waals surface area (Å²) in [4.78, 5) is 11.1. The molecule has 1 amide bonds. The van der Waals surface area contributed by atoms with Crippen LogP contribution in [-0.2, 0) is 9.53 Å². The van der Waals surface area contributed by atoms with Crippen LogP contribution in [0.15, 0.2) is 0 Å². The van der Waals surface area contributed by atoms with Gasteiger partial charge < -0.3 is 15.2 Å². The second kappa shape index (κ2) is 6.80. The molecule has 0 spiro atoms. The van der Waals surface area contributed by atoms with Gasteiger partial charge in [0.25, 0.3) is 0 Å². The van der Waals surface area contributed by atoms with Crippen LogP contribution in [0.1, 0.15) is 34.1 Å². The van der Waals surface area contributed by atoms with Crippen molar-refractivity contribution < 1.29 is 14.6 Å². The fourth-order valence-corrected chi connectivity index (χ4v) is 1.26. The van der Waals surface area contributed by atoms with Crippen molar-refractivity contribution in [3.63, 3.8) is 0 Å². The Morgan fingerprint density at radius 3 is 2.53 bits per heavy atom. The third kappa shape index (κ3) is 9.69. The Balaban J connectivity index is 3.62. The van der Waals surface area contributed by atoms with Gasteiger partial charge in [0.2, 0.25) is 5.91 Å². The molecule has 0 heterocycles. The molecule has 15 heavy (non-hydrogen) atoms. The van der Waals surface area contributed by atoms with E-state index in [2.05, 4.69) is 26.1 Å². The van der Waals surface area contributed by atoms with Gasteiger partial charge in [-0.2, -0.15) is 0 Å². The summed E-state index contributed by atoms with van der Waals surface area (Å²) in [5, 5.41) is 12.2. The van der Waals surface area contributed by atoms with E-state index < -0.39 is 6.10 Å². The highest BCUT2D eigenvalue weighted by Crippen LogP contribution is 2.20. The molecular formula is C11H23NO3. The van der Waals surface area contributed by atoms with Crippen molar-refractivity contribution in [2.45, 2.75) is 40.2 Å². The van der Waals surface area contributed by atoms with E-state index in [1.807, 2.05) is 6.92 Å². The van der Waals surface area contributed by atoms with Gasteiger partial charge >= 0.3 is 0 Å². The molecule has 0 aliphatic carbocycles. The number of aliphatic hydroxyl groups is 1. The zero-order valence-electron chi connectivity index (χ0n) is 10.2. The molecular weight excluding hydrogens is 194 g/mol.